The number of aromatic nitrogens is 2. The highest BCUT2D eigenvalue weighted by molar-refractivity contribution is 6.34. The number of pyridine rings is 1. The monoisotopic (exact) mass is 422 g/mol. The van der Waals surface area contributed by atoms with Gasteiger partial charge in [0.25, 0.3) is 5.91 Å². The average molecular weight is 423 g/mol. The first-order valence-electron chi connectivity index (χ1n) is 10.4. The Hall–Kier alpha value is -2.86. The SMILES string of the molecule is O=C(N[C@H]1CC[C@@]2(CCN(c3ccccc3Cl)C2=O)CC1)c1c[nH]c2cccnc12. The van der Waals surface area contributed by atoms with Gasteiger partial charge in [-0.1, -0.05) is 23.7 Å². The number of H-pyrrole nitrogens is 1. The van der Waals surface area contributed by atoms with Crippen molar-refractivity contribution < 1.29 is 9.59 Å². The van der Waals surface area contributed by atoms with Gasteiger partial charge in [-0.3, -0.25) is 14.6 Å². The number of anilines is 1. The van der Waals surface area contributed by atoms with E-state index in [4.69, 9.17) is 11.6 Å². The van der Waals surface area contributed by atoms with Gasteiger partial charge in [0.1, 0.15) is 5.52 Å². The maximum Gasteiger partial charge on any atom is 0.255 e. The maximum absolute atomic E-state index is 13.3. The Morgan fingerprint density at radius 2 is 1.97 bits per heavy atom. The Morgan fingerprint density at radius 3 is 2.77 bits per heavy atom. The lowest BCUT2D eigenvalue weighted by atomic mass is 9.71. The Morgan fingerprint density at radius 1 is 1.17 bits per heavy atom. The van der Waals surface area contributed by atoms with E-state index in [1.807, 2.05) is 41.3 Å². The van der Waals surface area contributed by atoms with Gasteiger partial charge in [-0.25, -0.2) is 0 Å². The van der Waals surface area contributed by atoms with Crippen LogP contribution in [0.25, 0.3) is 11.0 Å². The topological polar surface area (TPSA) is 78.1 Å². The highest BCUT2D eigenvalue weighted by Gasteiger charge is 2.49. The molecule has 1 aliphatic heterocycles. The normalized spacial score (nSPS) is 24.0. The van der Waals surface area contributed by atoms with Crippen LogP contribution in [0.2, 0.25) is 5.02 Å². The fourth-order valence-electron chi connectivity index (χ4n) is 4.89. The minimum absolute atomic E-state index is 0.0685. The van der Waals surface area contributed by atoms with Crippen molar-refractivity contribution in [3.63, 3.8) is 0 Å². The number of nitrogens with zero attached hydrogens (tertiary/aromatic N) is 2. The molecule has 3 aromatic rings. The van der Waals surface area contributed by atoms with E-state index in [9.17, 15) is 9.59 Å². The summed E-state index contributed by atoms with van der Waals surface area (Å²) in [6.07, 6.45) is 7.39. The van der Waals surface area contributed by atoms with Crippen molar-refractivity contribution in [3.8, 4) is 0 Å². The lowest BCUT2D eigenvalue weighted by Gasteiger charge is -2.36. The number of carbonyl (C=O) groups excluding carboxylic acids is 2. The van der Waals surface area contributed by atoms with Gasteiger partial charge in [0, 0.05) is 25.0 Å². The van der Waals surface area contributed by atoms with E-state index in [-0.39, 0.29) is 23.3 Å². The number of aromatic amines is 1. The van der Waals surface area contributed by atoms with E-state index in [0.29, 0.717) is 22.6 Å². The van der Waals surface area contributed by atoms with E-state index in [1.54, 1.807) is 12.4 Å². The first kappa shape index (κ1) is 19.1. The number of amides is 2. The van der Waals surface area contributed by atoms with Crippen LogP contribution in [0.15, 0.2) is 48.8 Å². The summed E-state index contributed by atoms with van der Waals surface area (Å²) in [4.78, 5) is 35.3. The molecule has 0 radical (unpaired) electrons. The summed E-state index contributed by atoms with van der Waals surface area (Å²) in [6, 6.07) is 11.3. The number of rotatable bonds is 3. The molecule has 1 saturated heterocycles. The first-order chi connectivity index (χ1) is 14.6. The molecule has 3 heterocycles. The Bertz CT molecular complexity index is 1120. The summed E-state index contributed by atoms with van der Waals surface area (Å²) in [5.74, 6) is 0.0533. The van der Waals surface area contributed by atoms with Crippen molar-refractivity contribution in [2.45, 2.75) is 38.1 Å². The highest BCUT2D eigenvalue weighted by Crippen LogP contribution is 2.47. The quantitative estimate of drug-likeness (QED) is 0.660. The summed E-state index contributed by atoms with van der Waals surface area (Å²) >= 11 is 6.32. The zero-order valence-electron chi connectivity index (χ0n) is 16.5. The second kappa shape index (κ2) is 7.43. The van der Waals surface area contributed by atoms with E-state index < -0.39 is 0 Å². The Balaban J connectivity index is 1.25. The molecule has 1 saturated carbocycles. The molecule has 2 aliphatic rings. The minimum Gasteiger partial charge on any atom is -0.359 e. The molecule has 0 atom stereocenters. The number of fused-ring (bicyclic) bond motifs is 1. The van der Waals surface area contributed by atoms with Crippen LogP contribution in [-0.4, -0.2) is 34.4 Å². The smallest absolute Gasteiger partial charge is 0.255 e. The number of halogens is 1. The van der Waals surface area contributed by atoms with Crippen LogP contribution in [0, 0.1) is 5.41 Å². The number of hydrogen-bond donors (Lipinski definition) is 2. The van der Waals surface area contributed by atoms with Crippen molar-refractivity contribution in [1.29, 1.82) is 0 Å². The fraction of sp³-hybridized carbons (Fsp3) is 0.348. The third kappa shape index (κ3) is 3.16. The van der Waals surface area contributed by atoms with Crippen LogP contribution in [-0.2, 0) is 4.79 Å². The van der Waals surface area contributed by atoms with Gasteiger partial charge in [-0.15, -0.1) is 0 Å². The second-order valence-corrected chi connectivity index (χ2v) is 8.70. The predicted octanol–water partition coefficient (Wildman–Crippen LogP) is 4.31. The number of benzene rings is 1. The molecule has 1 aromatic carbocycles. The van der Waals surface area contributed by atoms with E-state index >= 15 is 0 Å². The molecule has 2 N–H and O–H groups in total. The number of hydrogen-bond acceptors (Lipinski definition) is 3. The third-order valence-electron chi connectivity index (χ3n) is 6.61. The second-order valence-electron chi connectivity index (χ2n) is 8.29. The Kier molecular flexibility index (Phi) is 4.74. The first-order valence-corrected chi connectivity index (χ1v) is 10.7. The molecule has 5 rings (SSSR count). The zero-order valence-corrected chi connectivity index (χ0v) is 17.3. The van der Waals surface area contributed by atoms with E-state index in [1.165, 1.54) is 0 Å². The van der Waals surface area contributed by atoms with Gasteiger partial charge < -0.3 is 15.2 Å². The summed E-state index contributed by atoms with van der Waals surface area (Å²) in [6.45, 7) is 0.695. The molecule has 2 amide bonds. The van der Waals surface area contributed by atoms with Crippen LogP contribution in [0.3, 0.4) is 0 Å². The van der Waals surface area contributed by atoms with Gasteiger partial charge in [-0.05, 0) is 56.4 Å². The standard InChI is InChI=1S/C23H23ClN4O2/c24-17-4-1-2-6-19(17)28-13-11-23(22(28)30)9-7-15(8-10-23)27-21(29)16-14-26-18-5-3-12-25-20(16)18/h1-6,12,14-15,26H,7-11,13H2,(H,27,29)/t15-,23-. The highest BCUT2D eigenvalue weighted by atomic mass is 35.5. The molecular formula is C23H23ClN4O2. The molecule has 6 nitrogen and oxygen atoms in total. The van der Waals surface area contributed by atoms with E-state index in [2.05, 4.69) is 15.3 Å². The molecule has 2 fully saturated rings. The Labute approximate surface area is 179 Å². The molecule has 7 heteroatoms. The van der Waals surface area contributed by atoms with Gasteiger partial charge in [0.05, 0.1) is 27.2 Å². The number of carbonyl (C=O) groups is 2. The van der Waals surface area contributed by atoms with Crippen LogP contribution < -0.4 is 10.2 Å². The van der Waals surface area contributed by atoms with Crippen LogP contribution >= 0.6 is 11.6 Å². The van der Waals surface area contributed by atoms with Crippen LogP contribution in [0.4, 0.5) is 5.69 Å². The number of para-hydroxylation sites is 1. The van der Waals surface area contributed by atoms with Crippen molar-refractivity contribution in [1.82, 2.24) is 15.3 Å². The predicted molar refractivity (Wildman–Crippen MR) is 117 cm³/mol. The van der Waals surface area contributed by atoms with Gasteiger partial charge in [0.2, 0.25) is 5.91 Å². The van der Waals surface area contributed by atoms with Crippen molar-refractivity contribution in [3.05, 3.63) is 59.4 Å². The molecule has 0 bridgehead atoms. The average Bonchev–Trinajstić information content (AvgIpc) is 3.33. The number of nitrogens with one attached hydrogen (secondary N) is 2. The largest absolute Gasteiger partial charge is 0.359 e. The van der Waals surface area contributed by atoms with Crippen molar-refractivity contribution >= 4 is 40.1 Å². The summed E-state index contributed by atoms with van der Waals surface area (Å²) in [5.41, 5.74) is 2.56. The van der Waals surface area contributed by atoms with Gasteiger partial charge in [0.15, 0.2) is 0 Å². The summed E-state index contributed by atoms with van der Waals surface area (Å²) in [5, 5.41) is 3.75. The lowest BCUT2D eigenvalue weighted by Crippen LogP contribution is -2.43. The summed E-state index contributed by atoms with van der Waals surface area (Å²) in [7, 11) is 0. The maximum atomic E-state index is 13.3. The molecule has 154 valence electrons. The van der Waals surface area contributed by atoms with Gasteiger partial charge in [-0.2, -0.15) is 0 Å². The minimum atomic E-state index is -0.331. The van der Waals surface area contributed by atoms with E-state index in [0.717, 1.165) is 43.3 Å². The third-order valence-corrected chi connectivity index (χ3v) is 6.93. The molecule has 30 heavy (non-hydrogen) atoms. The van der Waals surface area contributed by atoms with Gasteiger partial charge >= 0.3 is 0 Å². The lowest BCUT2D eigenvalue weighted by molar-refractivity contribution is -0.127. The molecule has 2 aromatic heterocycles. The van der Waals surface area contributed by atoms with Crippen LogP contribution in [0.1, 0.15) is 42.5 Å². The van der Waals surface area contributed by atoms with Crippen LogP contribution in [0.5, 0.6) is 0 Å². The van der Waals surface area contributed by atoms with Crippen molar-refractivity contribution in [2.24, 2.45) is 5.41 Å². The van der Waals surface area contributed by atoms with Crippen molar-refractivity contribution in [2.75, 3.05) is 11.4 Å². The zero-order chi connectivity index (χ0) is 20.7. The molecule has 1 aliphatic carbocycles. The molecule has 1 spiro atoms. The summed E-state index contributed by atoms with van der Waals surface area (Å²) < 4.78 is 0. The molecule has 0 unspecified atom stereocenters. The fourth-order valence-corrected chi connectivity index (χ4v) is 5.13. The molecular weight excluding hydrogens is 400 g/mol.